The average molecular weight is 296 g/mol. The first-order valence-electron chi connectivity index (χ1n) is 5.85. The number of hydrogen-bond acceptors (Lipinski definition) is 2. The van der Waals surface area contributed by atoms with Crippen LogP contribution in [0, 0.1) is 0 Å². The lowest BCUT2D eigenvalue weighted by atomic mass is 10.1. The van der Waals surface area contributed by atoms with E-state index < -0.39 is 11.7 Å². The highest BCUT2D eigenvalue weighted by molar-refractivity contribution is 8.00. The molecule has 0 fully saturated rings. The smallest absolute Gasteiger partial charge is 0.293 e. The minimum atomic E-state index is -4.37. The monoisotopic (exact) mass is 296 g/mol. The normalized spacial score (nSPS) is 11.3. The fraction of sp³-hybridized carbons (Fsp3) is 0.133. The first kappa shape index (κ1) is 14.7. The molecule has 104 valence electrons. The molecule has 20 heavy (non-hydrogen) atoms. The average Bonchev–Trinajstić information content (AvgIpc) is 2.45. The maximum Gasteiger partial charge on any atom is 0.416 e. The third kappa shape index (κ3) is 3.87. The Hall–Kier alpha value is -1.75. The number of rotatable bonds is 4. The van der Waals surface area contributed by atoms with E-state index in [2.05, 4.69) is 0 Å². The molecule has 5 heteroatoms. The summed E-state index contributed by atoms with van der Waals surface area (Å²) in [6, 6.07) is 13.7. The van der Waals surface area contributed by atoms with Gasteiger partial charge in [-0.2, -0.15) is 13.2 Å². The van der Waals surface area contributed by atoms with Gasteiger partial charge in [0.25, 0.3) is 0 Å². The third-order valence-electron chi connectivity index (χ3n) is 2.65. The van der Waals surface area contributed by atoms with Crippen LogP contribution in [-0.4, -0.2) is 11.5 Å². The van der Waals surface area contributed by atoms with Crippen molar-refractivity contribution < 1.29 is 18.0 Å². The third-order valence-corrected chi connectivity index (χ3v) is 3.66. The summed E-state index contributed by atoms with van der Waals surface area (Å²) < 4.78 is 37.2. The van der Waals surface area contributed by atoms with Gasteiger partial charge in [0.1, 0.15) is 0 Å². The van der Waals surface area contributed by atoms with Crippen molar-refractivity contribution in [1.29, 1.82) is 0 Å². The molecule has 0 amide bonds. The van der Waals surface area contributed by atoms with Gasteiger partial charge in [0, 0.05) is 10.5 Å². The summed E-state index contributed by atoms with van der Waals surface area (Å²) in [5, 5.41) is 0. The van der Waals surface area contributed by atoms with E-state index in [1.165, 1.54) is 23.9 Å². The molecule has 1 nitrogen and oxygen atoms in total. The number of ketones is 1. The first-order chi connectivity index (χ1) is 9.47. The van der Waals surface area contributed by atoms with E-state index in [9.17, 15) is 18.0 Å². The molecule has 2 rings (SSSR count). The highest BCUT2D eigenvalue weighted by Gasteiger charge is 2.30. The molecule has 2 aromatic rings. The number of hydrogen-bond donors (Lipinski definition) is 0. The second-order valence-corrected chi connectivity index (χ2v) is 5.15. The Kier molecular flexibility index (Phi) is 4.49. The molecule has 0 heterocycles. The molecule has 0 spiro atoms. The molecule has 0 bridgehead atoms. The maximum absolute atomic E-state index is 12.4. The molecule has 2 aromatic carbocycles. The predicted octanol–water partition coefficient (Wildman–Crippen LogP) is 4.68. The largest absolute Gasteiger partial charge is 0.416 e. The SMILES string of the molecule is O=C(CSc1ccccc1)c1ccc(C(F)(F)F)cc1. The molecule has 0 saturated carbocycles. The molecule has 0 atom stereocenters. The number of halogens is 3. The van der Waals surface area contributed by atoms with Crippen LogP contribution in [0.1, 0.15) is 15.9 Å². The number of Topliss-reactive ketones (excluding diaryl/α,β-unsaturated/α-hetero) is 1. The number of alkyl halides is 3. The maximum atomic E-state index is 12.4. The topological polar surface area (TPSA) is 17.1 Å². The van der Waals surface area contributed by atoms with Gasteiger partial charge in [0.2, 0.25) is 0 Å². The Morgan fingerprint density at radius 2 is 1.55 bits per heavy atom. The van der Waals surface area contributed by atoms with Crippen LogP contribution < -0.4 is 0 Å². The van der Waals surface area contributed by atoms with Crippen LogP contribution in [0.25, 0.3) is 0 Å². The molecular weight excluding hydrogens is 285 g/mol. The van der Waals surface area contributed by atoms with E-state index in [4.69, 9.17) is 0 Å². The highest BCUT2D eigenvalue weighted by Crippen LogP contribution is 2.29. The van der Waals surface area contributed by atoms with Crippen molar-refractivity contribution in [2.45, 2.75) is 11.1 Å². The zero-order valence-electron chi connectivity index (χ0n) is 10.4. The zero-order valence-corrected chi connectivity index (χ0v) is 11.2. The van der Waals surface area contributed by atoms with Gasteiger partial charge in [0.05, 0.1) is 11.3 Å². The van der Waals surface area contributed by atoms with Crippen molar-refractivity contribution in [3.05, 3.63) is 65.7 Å². The van der Waals surface area contributed by atoms with Gasteiger partial charge >= 0.3 is 6.18 Å². The minimum Gasteiger partial charge on any atom is -0.293 e. The van der Waals surface area contributed by atoms with E-state index in [1.807, 2.05) is 30.3 Å². The minimum absolute atomic E-state index is 0.187. The molecule has 0 aliphatic carbocycles. The Bertz CT molecular complexity index is 576. The molecule has 0 radical (unpaired) electrons. The molecular formula is C15H11F3OS. The summed E-state index contributed by atoms with van der Waals surface area (Å²) in [6.45, 7) is 0. The lowest BCUT2D eigenvalue weighted by Crippen LogP contribution is -2.07. The van der Waals surface area contributed by atoms with Crippen LogP contribution in [0.5, 0.6) is 0 Å². The van der Waals surface area contributed by atoms with Crippen molar-refractivity contribution in [3.63, 3.8) is 0 Å². The van der Waals surface area contributed by atoms with Crippen LogP contribution >= 0.6 is 11.8 Å². The van der Waals surface area contributed by atoms with Crippen molar-refractivity contribution >= 4 is 17.5 Å². The van der Waals surface area contributed by atoms with Crippen LogP contribution in [-0.2, 0) is 6.18 Å². The lowest BCUT2D eigenvalue weighted by molar-refractivity contribution is -0.137. The second-order valence-electron chi connectivity index (χ2n) is 4.10. The molecule has 0 aliphatic heterocycles. The van der Waals surface area contributed by atoms with Crippen LogP contribution in [0.2, 0.25) is 0 Å². The van der Waals surface area contributed by atoms with Crippen molar-refractivity contribution in [2.24, 2.45) is 0 Å². The highest BCUT2D eigenvalue weighted by atomic mass is 32.2. The number of carbonyl (C=O) groups excluding carboxylic acids is 1. The van der Waals surface area contributed by atoms with Crippen LogP contribution in [0.4, 0.5) is 13.2 Å². The lowest BCUT2D eigenvalue weighted by Gasteiger charge is -2.07. The summed E-state index contributed by atoms with van der Waals surface area (Å²) in [5.41, 5.74) is -0.453. The predicted molar refractivity (Wildman–Crippen MR) is 72.9 cm³/mol. The standard InChI is InChI=1S/C15H11F3OS/c16-15(17,18)12-8-6-11(7-9-12)14(19)10-20-13-4-2-1-3-5-13/h1-9H,10H2. The molecule has 0 aromatic heterocycles. The number of carbonyl (C=O) groups is 1. The Balaban J connectivity index is 1.99. The fourth-order valence-electron chi connectivity index (χ4n) is 1.59. The number of thioether (sulfide) groups is 1. The van der Waals surface area contributed by atoms with Gasteiger partial charge in [-0.15, -0.1) is 11.8 Å². The molecule has 0 aliphatic rings. The Morgan fingerprint density at radius 1 is 0.950 bits per heavy atom. The zero-order chi connectivity index (χ0) is 14.6. The Morgan fingerprint density at radius 3 is 2.10 bits per heavy atom. The number of benzene rings is 2. The summed E-state index contributed by atoms with van der Waals surface area (Å²) in [4.78, 5) is 12.8. The van der Waals surface area contributed by atoms with Crippen LogP contribution in [0.15, 0.2) is 59.5 Å². The van der Waals surface area contributed by atoms with Gasteiger partial charge in [-0.3, -0.25) is 4.79 Å². The van der Waals surface area contributed by atoms with E-state index in [-0.39, 0.29) is 11.5 Å². The molecule has 0 N–H and O–H groups in total. The summed E-state index contributed by atoms with van der Waals surface area (Å²) in [5.74, 6) is 0.0163. The first-order valence-corrected chi connectivity index (χ1v) is 6.84. The van der Waals surface area contributed by atoms with Gasteiger partial charge in [-0.25, -0.2) is 0 Å². The van der Waals surface area contributed by atoms with Crippen molar-refractivity contribution in [2.75, 3.05) is 5.75 Å². The van der Waals surface area contributed by atoms with Gasteiger partial charge in [-0.1, -0.05) is 30.3 Å². The molecule has 0 saturated heterocycles. The fourth-order valence-corrected chi connectivity index (χ4v) is 2.41. The summed E-state index contributed by atoms with van der Waals surface area (Å²) >= 11 is 1.36. The Labute approximate surface area is 118 Å². The van der Waals surface area contributed by atoms with Gasteiger partial charge in [-0.05, 0) is 24.3 Å². The van der Waals surface area contributed by atoms with Gasteiger partial charge in [0.15, 0.2) is 5.78 Å². The quantitative estimate of drug-likeness (QED) is 0.602. The van der Waals surface area contributed by atoms with E-state index in [0.717, 1.165) is 17.0 Å². The van der Waals surface area contributed by atoms with Crippen LogP contribution in [0.3, 0.4) is 0 Å². The van der Waals surface area contributed by atoms with E-state index in [0.29, 0.717) is 5.56 Å². The second kappa shape index (κ2) is 6.13. The summed E-state index contributed by atoms with van der Waals surface area (Å²) in [7, 11) is 0. The molecule has 0 unspecified atom stereocenters. The summed E-state index contributed by atoms with van der Waals surface area (Å²) in [6.07, 6.45) is -4.37. The van der Waals surface area contributed by atoms with Crippen molar-refractivity contribution in [3.8, 4) is 0 Å². The van der Waals surface area contributed by atoms with Gasteiger partial charge < -0.3 is 0 Å². The van der Waals surface area contributed by atoms with Crippen molar-refractivity contribution in [1.82, 2.24) is 0 Å². The van der Waals surface area contributed by atoms with E-state index >= 15 is 0 Å². The van der Waals surface area contributed by atoms with E-state index in [1.54, 1.807) is 0 Å².